The van der Waals surface area contributed by atoms with Gasteiger partial charge in [-0.3, -0.25) is 4.79 Å². The molecule has 2 aromatic rings. The van der Waals surface area contributed by atoms with E-state index in [-0.39, 0.29) is 5.56 Å². The maximum atomic E-state index is 13.7. The van der Waals surface area contributed by atoms with Gasteiger partial charge in [0.15, 0.2) is 24.0 Å². The number of carbonyl (C=O) groups excluding carboxylic acids is 1. The SMILES string of the molecule is NC(=O)c1cc[n+](CCCC[n+]2cc(F)c(C=NO)c(F)c2)cc1. The van der Waals surface area contributed by atoms with Gasteiger partial charge in [0.1, 0.15) is 13.1 Å². The minimum atomic E-state index is -0.788. The zero-order chi connectivity index (χ0) is 17.5. The van der Waals surface area contributed by atoms with E-state index in [0.29, 0.717) is 25.1 Å². The number of halogens is 2. The molecule has 2 rings (SSSR count). The zero-order valence-corrected chi connectivity index (χ0v) is 12.9. The third kappa shape index (κ3) is 4.55. The first-order chi connectivity index (χ1) is 11.5. The van der Waals surface area contributed by atoms with Crippen molar-refractivity contribution in [2.75, 3.05) is 0 Å². The Kier molecular flexibility index (Phi) is 5.89. The van der Waals surface area contributed by atoms with Crippen LogP contribution in [-0.2, 0) is 13.1 Å². The van der Waals surface area contributed by atoms with Gasteiger partial charge in [0.05, 0.1) is 17.3 Å². The van der Waals surface area contributed by atoms with Crippen LogP contribution in [0.25, 0.3) is 0 Å². The first-order valence-corrected chi connectivity index (χ1v) is 7.35. The van der Waals surface area contributed by atoms with E-state index < -0.39 is 17.5 Å². The normalized spacial score (nSPS) is 11.1. The molecule has 126 valence electrons. The van der Waals surface area contributed by atoms with E-state index in [4.69, 9.17) is 10.9 Å². The molecule has 2 heterocycles. The highest BCUT2D eigenvalue weighted by molar-refractivity contribution is 5.92. The lowest BCUT2D eigenvalue weighted by Gasteiger charge is -2.00. The highest BCUT2D eigenvalue weighted by Gasteiger charge is 2.15. The summed E-state index contributed by atoms with van der Waals surface area (Å²) in [6.45, 7) is 1.16. The van der Waals surface area contributed by atoms with Crippen molar-refractivity contribution in [3.8, 4) is 0 Å². The Morgan fingerprint density at radius 1 is 1.12 bits per heavy atom. The number of aromatic nitrogens is 2. The Balaban J connectivity index is 1.87. The molecule has 0 unspecified atom stereocenters. The van der Waals surface area contributed by atoms with Crippen molar-refractivity contribution in [2.24, 2.45) is 10.9 Å². The van der Waals surface area contributed by atoms with E-state index in [0.717, 1.165) is 25.0 Å². The molecule has 6 nitrogen and oxygen atoms in total. The lowest BCUT2D eigenvalue weighted by molar-refractivity contribution is -0.709. The van der Waals surface area contributed by atoms with Crippen LogP contribution in [0.2, 0.25) is 0 Å². The maximum absolute atomic E-state index is 13.7. The van der Waals surface area contributed by atoms with E-state index in [9.17, 15) is 13.6 Å². The molecular weight excluding hydrogens is 318 g/mol. The number of primary amides is 1. The fourth-order valence-electron chi connectivity index (χ4n) is 2.25. The van der Waals surface area contributed by atoms with Gasteiger partial charge in [-0.05, 0) is 0 Å². The molecule has 2 aromatic heterocycles. The average Bonchev–Trinajstić information content (AvgIpc) is 2.55. The van der Waals surface area contributed by atoms with Crippen LogP contribution in [0.15, 0.2) is 42.1 Å². The Morgan fingerprint density at radius 2 is 1.67 bits per heavy atom. The van der Waals surface area contributed by atoms with Crippen LogP contribution in [0, 0.1) is 11.6 Å². The smallest absolute Gasteiger partial charge is 0.249 e. The second-order valence-electron chi connectivity index (χ2n) is 5.25. The van der Waals surface area contributed by atoms with Gasteiger partial charge in [-0.1, -0.05) is 5.16 Å². The zero-order valence-electron chi connectivity index (χ0n) is 12.9. The highest BCUT2D eigenvalue weighted by Crippen LogP contribution is 2.06. The van der Waals surface area contributed by atoms with Crippen molar-refractivity contribution in [1.29, 1.82) is 0 Å². The molecule has 0 spiro atoms. The summed E-state index contributed by atoms with van der Waals surface area (Å²) in [7, 11) is 0. The molecule has 0 bridgehead atoms. The van der Waals surface area contributed by atoms with Crippen molar-refractivity contribution >= 4 is 12.1 Å². The maximum Gasteiger partial charge on any atom is 0.249 e. The van der Waals surface area contributed by atoms with Crippen molar-refractivity contribution in [3.05, 3.63) is 59.7 Å². The standard InChI is InChI=1S/C16H16F2N4O2/c17-14-10-22(11-15(18)13(14)9-20-24)6-2-1-5-21-7-3-12(4-8-21)16(19)23/h3-4,7-11H,1-2,5-6H2,(H-,19,23)/p+2. The van der Waals surface area contributed by atoms with Crippen molar-refractivity contribution in [1.82, 2.24) is 0 Å². The third-order valence-corrected chi connectivity index (χ3v) is 3.52. The number of pyridine rings is 2. The van der Waals surface area contributed by atoms with Gasteiger partial charge < -0.3 is 10.9 Å². The van der Waals surface area contributed by atoms with Crippen LogP contribution in [-0.4, -0.2) is 17.3 Å². The third-order valence-electron chi connectivity index (χ3n) is 3.52. The van der Waals surface area contributed by atoms with Crippen molar-refractivity contribution < 1.29 is 27.9 Å². The summed E-state index contributed by atoms with van der Waals surface area (Å²) in [5.41, 5.74) is 5.24. The summed E-state index contributed by atoms with van der Waals surface area (Å²) in [5.74, 6) is -2.05. The predicted octanol–water partition coefficient (Wildman–Crippen LogP) is 0.927. The molecular formula is C16H18F2N4O2+2. The molecule has 0 aliphatic rings. The second-order valence-corrected chi connectivity index (χ2v) is 5.25. The molecule has 0 atom stereocenters. The van der Waals surface area contributed by atoms with Gasteiger partial charge in [-0.2, -0.15) is 13.3 Å². The molecule has 3 N–H and O–H groups in total. The molecule has 0 fully saturated rings. The molecule has 1 amide bonds. The molecule has 0 aliphatic carbocycles. The van der Waals surface area contributed by atoms with E-state index in [1.807, 2.05) is 4.57 Å². The van der Waals surface area contributed by atoms with Gasteiger partial charge in [-0.25, -0.2) is 4.57 Å². The van der Waals surface area contributed by atoms with E-state index in [2.05, 4.69) is 5.16 Å². The van der Waals surface area contributed by atoms with Crippen LogP contribution in [0.1, 0.15) is 28.8 Å². The van der Waals surface area contributed by atoms with E-state index in [1.54, 1.807) is 24.5 Å². The molecule has 24 heavy (non-hydrogen) atoms. The lowest BCUT2D eigenvalue weighted by atomic mass is 10.2. The topological polar surface area (TPSA) is 83.4 Å². The number of nitrogens with two attached hydrogens (primary N) is 1. The Labute approximate surface area is 137 Å². The van der Waals surface area contributed by atoms with E-state index in [1.165, 1.54) is 4.57 Å². The summed E-state index contributed by atoms with van der Waals surface area (Å²) in [5, 5.41) is 11.0. The minimum absolute atomic E-state index is 0.376. The number of hydrogen-bond acceptors (Lipinski definition) is 3. The monoisotopic (exact) mass is 336 g/mol. The number of rotatable bonds is 7. The summed E-state index contributed by atoms with van der Waals surface area (Å²) < 4.78 is 30.7. The number of aryl methyl sites for hydroxylation is 2. The molecule has 0 saturated heterocycles. The van der Waals surface area contributed by atoms with Gasteiger partial charge in [0.2, 0.25) is 18.3 Å². The lowest BCUT2D eigenvalue weighted by Crippen LogP contribution is -2.37. The molecule has 0 aliphatic heterocycles. The van der Waals surface area contributed by atoms with E-state index >= 15 is 0 Å². The molecule has 8 heteroatoms. The summed E-state index contributed by atoms with van der Waals surface area (Å²) in [6.07, 6.45) is 8.06. The summed E-state index contributed by atoms with van der Waals surface area (Å²) in [6, 6.07) is 3.28. The summed E-state index contributed by atoms with van der Waals surface area (Å²) >= 11 is 0. The van der Waals surface area contributed by atoms with Crippen LogP contribution >= 0.6 is 0 Å². The van der Waals surface area contributed by atoms with Crippen molar-refractivity contribution in [3.63, 3.8) is 0 Å². The van der Waals surface area contributed by atoms with Crippen LogP contribution in [0.3, 0.4) is 0 Å². The highest BCUT2D eigenvalue weighted by atomic mass is 19.1. The number of amides is 1. The molecule has 0 saturated carbocycles. The molecule has 0 aromatic carbocycles. The number of hydrogen-bond donors (Lipinski definition) is 2. The minimum Gasteiger partial charge on any atom is -0.411 e. The van der Waals surface area contributed by atoms with Gasteiger partial charge in [0.25, 0.3) is 0 Å². The van der Waals surface area contributed by atoms with Gasteiger partial charge in [-0.15, -0.1) is 0 Å². The quantitative estimate of drug-likeness (QED) is 0.259. The van der Waals surface area contributed by atoms with Crippen LogP contribution in [0.5, 0.6) is 0 Å². The van der Waals surface area contributed by atoms with Crippen LogP contribution in [0.4, 0.5) is 8.78 Å². The Bertz CT molecular complexity index is 725. The summed E-state index contributed by atoms with van der Waals surface area (Å²) in [4.78, 5) is 11.0. The second kappa shape index (κ2) is 8.09. The largest absolute Gasteiger partial charge is 0.411 e. The first-order valence-electron chi connectivity index (χ1n) is 7.35. The number of oxime groups is 1. The van der Waals surface area contributed by atoms with Gasteiger partial charge in [0, 0.05) is 25.0 Å². The Hall–Kier alpha value is -2.90. The average molecular weight is 336 g/mol. The predicted molar refractivity (Wildman–Crippen MR) is 80.3 cm³/mol. The Morgan fingerprint density at radius 3 is 2.17 bits per heavy atom. The van der Waals surface area contributed by atoms with Crippen LogP contribution < -0.4 is 14.9 Å². The fourth-order valence-corrected chi connectivity index (χ4v) is 2.25. The first kappa shape index (κ1) is 17.5. The molecule has 0 radical (unpaired) electrons. The number of unbranched alkanes of at least 4 members (excludes halogenated alkanes) is 1. The van der Waals surface area contributed by atoms with Gasteiger partial charge >= 0.3 is 0 Å². The van der Waals surface area contributed by atoms with Crippen molar-refractivity contribution in [2.45, 2.75) is 25.9 Å². The number of carbonyl (C=O) groups is 1. The number of nitrogens with zero attached hydrogens (tertiary/aromatic N) is 3. The fraction of sp³-hybridized carbons (Fsp3) is 0.250.